The second-order valence-corrected chi connectivity index (χ2v) is 19.5. The van der Waals surface area contributed by atoms with E-state index in [0.29, 0.717) is 0 Å². The van der Waals surface area contributed by atoms with Crippen molar-refractivity contribution in [3.05, 3.63) is 192 Å². The van der Waals surface area contributed by atoms with Crippen molar-refractivity contribution < 1.29 is 24.5 Å². The number of nitrogens with zero attached hydrogens (tertiary/aromatic N) is 4. The number of rotatable bonds is 6. The summed E-state index contributed by atoms with van der Waals surface area (Å²) in [6.45, 7) is 20.3. The Morgan fingerprint density at radius 1 is 0.667 bits per heavy atom. The Kier molecular flexibility index (Phi) is 11.8. The summed E-state index contributed by atoms with van der Waals surface area (Å²) in [5, 5.41) is 0.976. The molecule has 6 aromatic carbocycles. The average Bonchev–Trinajstić information content (AvgIpc) is 3.96. The van der Waals surface area contributed by atoms with E-state index < -0.39 is 0 Å². The zero-order valence-electron chi connectivity index (χ0n) is 39.1. The third-order valence-electron chi connectivity index (χ3n) is 13.0. The predicted octanol–water partition coefficient (Wildman–Crippen LogP) is 15.9. The standard InChI is InChI=1S/C45H38N3O.C15H16N.Ir/c1-26(2)33-23-29(28-15-8-7-9-16-28)24-34(27(3)4)41(33)48-38-22-13-12-21-37(38)46-44(48)32-19-14-18-31-40-39(49-42(31)32)25-35-30-17-10-11-20-36(30)45(5,6)43(35)47-40;1-15(2,3)13-9-10-16-14(11-13)12-7-5-4-6-8-12;/h7-18,20-27H,1-6H3;4-7,9-11H,1-3H3;/q2*-1;. The first-order chi connectivity index (χ1) is 31.3. The van der Waals surface area contributed by atoms with Crippen LogP contribution in [0.5, 0.6) is 0 Å². The van der Waals surface area contributed by atoms with Crippen molar-refractivity contribution in [3.63, 3.8) is 0 Å². The average molecular weight is 1040 g/mol. The van der Waals surface area contributed by atoms with Gasteiger partial charge < -0.3 is 14.0 Å². The summed E-state index contributed by atoms with van der Waals surface area (Å²) in [5.74, 6) is 1.36. The molecule has 10 aromatic rings. The Balaban J connectivity index is 0.000000273. The summed E-state index contributed by atoms with van der Waals surface area (Å²) < 4.78 is 9.18. The van der Waals surface area contributed by atoms with E-state index in [1.807, 2.05) is 36.5 Å². The van der Waals surface area contributed by atoms with Gasteiger partial charge in [-0.05, 0) is 104 Å². The maximum atomic E-state index is 6.82. The third kappa shape index (κ3) is 7.80. The number of pyridine rings is 2. The number of hydrogen-bond acceptors (Lipinski definition) is 4. The maximum Gasteiger partial charge on any atom is 0.140 e. The van der Waals surface area contributed by atoms with Crippen LogP contribution in [-0.4, -0.2) is 19.5 Å². The molecule has 6 heteroatoms. The molecular weight excluding hydrogens is 985 g/mol. The topological polar surface area (TPSA) is 56.7 Å². The van der Waals surface area contributed by atoms with Crippen LogP contribution < -0.4 is 0 Å². The van der Waals surface area contributed by atoms with Gasteiger partial charge in [0.15, 0.2) is 0 Å². The molecule has 0 saturated carbocycles. The first-order valence-corrected chi connectivity index (χ1v) is 22.8. The van der Waals surface area contributed by atoms with Crippen LogP contribution in [0.1, 0.15) is 102 Å². The summed E-state index contributed by atoms with van der Waals surface area (Å²) >= 11 is 0. The smallest absolute Gasteiger partial charge is 0.140 e. The molecule has 5 nitrogen and oxygen atoms in total. The van der Waals surface area contributed by atoms with Crippen LogP contribution in [-0.2, 0) is 30.9 Å². The van der Waals surface area contributed by atoms with E-state index in [9.17, 15) is 0 Å². The fourth-order valence-corrected chi connectivity index (χ4v) is 9.52. The van der Waals surface area contributed by atoms with Crippen LogP contribution in [0.25, 0.3) is 83.7 Å². The minimum Gasteiger partial charge on any atom is -0.499 e. The van der Waals surface area contributed by atoms with Crippen molar-refractivity contribution >= 4 is 33.1 Å². The molecule has 0 saturated heterocycles. The summed E-state index contributed by atoms with van der Waals surface area (Å²) in [4.78, 5) is 15.1. The van der Waals surface area contributed by atoms with E-state index in [2.05, 4.69) is 199 Å². The molecule has 4 aromatic heterocycles. The van der Waals surface area contributed by atoms with Gasteiger partial charge in [-0.25, -0.2) is 4.98 Å². The second-order valence-electron chi connectivity index (χ2n) is 19.5. The fourth-order valence-electron chi connectivity index (χ4n) is 9.52. The number of benzene rings is 6. The van der Waals surface area contributed by atoms with Crippen LogP contribution in [0.4, 0.5) is 0 Å². The number of para-hydroxylation sites is 2. The van der Waals surface area contributed by atoms with Crippen molar-refractivity contribution in [3.8, 4) is 50.6 Å². The van der Waals surface area contributed by atoms with Crippen molar-refractivity contribution in [2.45, 2.75) is 85.0 Å². The van der Waals surface area contributed by atoms with Crippen LogP contribution in [0, 0.1) is 12.1 Å². The van der Waals surface area contributed by atoms with Crippen LogP contribution in [0.15, 0.2) is 156 Å². The molecule has 0 N–H and O–H groups in total. The molecule has 0 amide bonds. The summed E-state index contributed by atoms with van der Waals surface area (Å²) in [6, 6.07) is 57.7. The van der Waals surface area contributed by atoms with Gasteiger partial charge in [-0.3, -0.25) is 4.98 Å². The first-order valence-electron chi connectivity index (χ1n) is 22.8. The van der Waals surface area contributed by atoms with Gasteiger partial charge in [0, 0.05) is 43.0 Å². The largest absolute Gasteiger partial charge is 0.499 e. The molecule has 0 spiro atoms. The zero-order chi connectivity index (χ0) is 45.2. The number of furan rings is 1. The Bertz CT molecular complexity index is 3360. The minimum absolute atomic E-state index is 0. The molecule has 1 radical (unpaired) electrons. The van der Waals surface area contributed by atoms with Gasteiger partial charge in [-0.15, -0.1) is 54.1 Å². The number of hydrogen-bond donors (Lipinski definition) is 0. The third-order valence-corrected chi connectivity index (χ3v) is 13.0. The second kappa shape index (κ2) is 17.4. The molecule has 1 aliphatic carbocycles. The maximum absolute atomic E-state index is 6.82. The van der Waals surface area contributed by atoms with Gasteiger partial charge in [0.2, 0.25) is 0 Å². The molecule has 0 unspecified atom stereocenters. The molecule has 0 atom stereocenters. The van der Waals surface area contributed by atoms with Crippen LogP contribution >= 0.6 is 0 Å². The first kappa shape index (κ1) is 44.7. The van der Waals surface area contributed by atoms with E-state index in [0.717, 1.165) is 67.0 Å². The van der Waals surface area contributed by atoms with Crippen LogP contribution in [0.2, 0.25) is 0 Å². The number of aromatic nitrogens is 4. The molecule has 331 valence electrons. The Hall–Kier alpha value is -6.46. The van der Waals surface area contributed by atoms with Crippen molar-refractivity contribution in [2.75, 3.05) is 0 Å². The van der Waals surface area contributed by atoms with E-state index in [-0.39, 0.29) is 42.8 Å². The Morgan fingerprint density at radius 2 is 1.36 bits per heavy atom. The van der Waals surface area contributed by atoms with Gasteiger partial charge in [0.1, 0.15) is 5.58 Å². The van der Waals surface area contributed by atoms with E-state index in [1.165, 1.54) is 44.6 Å². The number of imidazole rings is 1. The monoisotopic (exact) mass is 1040 g/mol. The molecule has 1 aliphatic rings. The normalized spacial score (nSPS) is 12.9. The molecule has 11 rings (SSSR count). The quantitative estimate of drug-likeness (QED) is 0.156. The molecule has 0 bridgehead atoms. The molecule has 4 heterocycles. The van der Waals surface area contributed by atoms with Gasteiger partial charge in [0.05, 0.1) is 33.7 Å². The zero-order valence-corrected chi connectivity index (χ0v) is 41.5. The van der Waals surface area contributed by atoms with E-state index in [1.54, 1.807) is 0 Å². The summed E-state index contributed by atoms with van der Waals surface area (Å²) in [6.07, 6.45) is 1.87. The van der Waals surface area contributed by atoms with Gasteiger partial charge in [-0.2, -0.15) is 0 Å². The predicted molar refractivity (Wildman–Crippen MR) is 269 cm³/mol. The molecule has 0 aliphatic heterocycles. The van der Waals surface area contributed by atoms with Gasteiger partial charge in [0.25, 0.3) is 0 Å². The van der Waals surface area contributed by atoms with Crippen molar-refractivity contribution in [1.29, 1.82) is 0 Å². The SMILES string of the molecule is CC(C)(C)c1ccnc(-c2[c-]cccc2)c1.CC(C)c1cc(-c2ccccc2)cc(C(C)C)c1-n1c(-c2[c-]ccc3c2oc2cc4c(nc23)C(C)(C)c2ccccc2-4)nc2ccccc21.[Ir]. The van der Waals surface area contributed by atoms with Crippen molar-refractivity contribution in [2.24, 2.45) is 0 Å². The van der Waals surface area contributed by atoms with Gasteiger partial charge >= 0.3 is 0 Å². The summed E-state index contributed by atoms with van der Waals surface area (Å²) in [5.41, 5.74) is 19.5. The van der Waals surface area contributed by atoms with Crippen LogP contribution in [0.3, 0.4) is 0 Å². The van der Waals surface area contributed by atoms with E-state index in [4.69, 9.17) is 14.4 Å². The molecule has 0 fully saturated rings. The Labute approximate surface area is 402 Å². The Morgan fingerprint density at radius 3 is 2.08 bits per heavy atom. The van der Waals surface area contributed by atoms with Gasteiger partial charge in [-0.1, -0.05) is 141 Å². The molecule has 66 heavy (non-hydrogen) atoms. The van der Waals surface area contributed by atoms with E-state index >= 15 is 0 Å². The number of fused-ring (bicyclic) bond motifs is 7. The summed E-state index contributed by atoms with van der Waals surface area (Å²) in [7, 11) is 0. The fraction of sp³-hybridized carbons (Fsp3) is 0.217. The minimum atomic E-state index is -0.201. The molecular formula is C60H54IrN4O-2. The van der Waals surface area contributed by atoms with Crippen molar-refractivity contribution in [1.82, 2.24) is 19.5 Å².